The van der Waals surface area contributed by atoms with Gasteiger partial charge in [0.15, 0.2) is 30.5 Å². The van der Waals surface area contributed by atoms with Crippen LogP contribution in [0.3, 0.4) is 0 Å². The molecule has 0 saturated carbocycles. The van der Waals surface area contributed by atoms with Crippen LogP contribution in [0.25, 0.3) is 0 Å². The van der Waals surface area contributed by atoms with Crippen LogP contribution in [0.5, 0.6) is 11.5 Å². The van der Waals surface area contributed by atoms with Crippen LogP contribution in [-0.4, -0.2) is 77.1 Å². The number of carboxylic acids is 2. The maximum absolute atomic E-state index is 12.6. The van der Waals surface area contributed by atoms with Crippen LogP contribution >= 0.6 is 0 Å². The van der Waals surface area contributed by atoms with Crippen LogP contribution in [0.4, 0.5) is 5.82 Å². The predicted molar refractivity (Wildman–Crippen MR) is 112 cm³/mol. The molecule has 11 heteroatoms. The number of nitrogens with one attached hydrogen (secondary N) is 1. The fourth-order valence-electron chi connectivity index (χ4n) is 2.54. The number of pyridine rings is 1. The molecule has 0 aliphatic carbocycles. The number of hydrogen-bond acceptors (Lipinski definition) is 8. The van der Waals surface area contributed by atoms with Gasteiger partial charge < -0.3 is 29.9 Å². The molecule has 32 heavy (non-hydrogen) atoms. The van der Waals surface area contributed by atoms with E-state index in [0.717, 1.165) is 0 Å². The first-order chi connectivity index (χ1) is 15.3. The number of aromatic nitrogens is 1. The number of carboxylic acid groups (broad SMARTS) is 2. The molecule has 0 radical (unpaired) electrons. The van der Waals surface area contributed by atoms with E-state index < -0.39 is 30.9 Å². The number of aliphatic carboxylic acids is 2. The number of likely N-dealkylation sites (N-methyl/N-ethyl adjacent to an activating group) is 1. The second kappa shape index (κ2) is 11.9. The van der Waals surface area contributed by atoms with E-state index in [1.807, 2.05) is 6.07 Å². The van der Waals surface area contributed by atoms with Crippen molar-refractivity contribution in [2.75, 3.05) is 38.7 Å². The number of hydrogen-bond donors (Lipinski definition) is 3. The van der Waals surface area contributed by atoms with E-state index in [9.17, 15) is 19.2 Å². The molecule has 1 aromatic heterocycles. The summed E-state index contributed by atoms with van der Waals surface area (Å²) in [5, 5.41) is 20.6. The van der Waals surface area contributed by atoms with Gasteiger partial charge in [0.1, 0.15) is 5.82 Å². The highest BCUT2D eigenvalue weighted by Crippen LogP contribution is 2.29. The third-order valence-corrected chi connectivity index (χ3v) is 4.08. The van der Waals surface area contributed by atoms with Crippen LogP contribution in [0, 0.1) is 0 Å². The molecule has 1 aromatic carbocycles. The average Bonchev–Trinajstić information content (AvgIpc) is 2.76. The zero-order valence-corrected chi connectivity index (χ0v) is 17.3. The van der Waals surface area contributed by atoms with E-state index in [2.05, 4.69) is 10.3 Å². The van der Waals surface area contributed by atoms with Gasteiger partial charge in [0.05, 0.1) is 6.54 Å². The van der Waals surface area contributed by atoms with Crippen LogP contribution in [0.1, 0.15) is 16.8 Å². The highest BCUT2D eigenvalue weighted by atomic mass is 16.5. The molecule has 170 valence electrons. The molecule has 0 unspecified atom stereocenters. The molecular formula is C21H23N3O8. The quantitative estimate of drug-likeness (QED) is 0.382. The van der Waals surface area contributed by atoms with Crippen molar-refractivity contribution < 1.29 is 38.9 Å². The molecule has 0 aliphatic rings. The third-order valence-electron chi connectivity index (χ3n) is 4.08. The molecule has 0 saturated heterocycles. The van der Waals surface area contributed by atoms with Crippen molar-refractivity contribution in [3.05, 3.63) is 48.2 Å². The van der Waals surface area contributed by atoms with E-state index in [-0.39, 0.29) is 35.9 Å². The lowest BCUT2D eigenvalue weighted by Gasteiger charge is -2.17. The van der Waals surface area contributed by atoms with Gasteiger partial charge in [0.25, 0.3) is 0 Å². The van der Waals surface area contributed by atoms with Crippen LogP contribution < -0.4 is 14.8 Å². The van der Waals surface area contributed by atoms with Crippen LogP contribution in [-0.2, 0) is 14.4 Å². The van der Waals surface area contributed by atoms with Gasteiger partial charge in [-0.15, -0.1) is 0 Å². The summed E-state index contributed by atoms with van der Waals surface area (Å²) in [7, 11) is 1.49. The molecule has 1 heterocycles. The summed E-state index contributed by atoms with van der Waals surface area (Å²) in [6.07, 6.45) is 1.77. The molecular weight excluding hydrogens is 422 g/mol. The van der Waals surface area contributed by atoms with Gasteiger partial charge in [-0.3, -0.25) is 9.59 Å². The van der Waals surface area contributed by atoms with E-state index in [0.29, 0.717) is 12.4 Å². The number of anilines is 1. The summed E-state index contributed by atoms with van der Waals surface area (Å²) in [6, 6.07) is 9.31. The van der Waals surface area contributed by atoms with Crippen LogP contribution in [0.2, 0.25) is 0 Å². The second-order valence-electron chi connectivity index (χ2n) is 6.59. The standard InChI is InChI=1S/C21H23N3O8/c1-24(19(26)7-9-23-18-4-2-3-8-22-18)11-15(25)14-5-6-16(31-12-20(27)28)17(10-14)32-13-21(29)30/h2-6,8,10H,7,9,11-13H2,1H3,(H,22,23)(H,27,28)(H,29,30). The van der Waals surface area contributed by atoms with Gasteiger partial charge in [-0.1, -0.05) is 6.07 Å². The molecule has 0 aliphatic heterocycles. The fourth-order valence-corrected chi connectivity index (χ4v) is 2.54. The minimum atomic E-state index is -1.25. The maximum atomic E-state index is 12.6. The lowest BCUT2D eigenvalue weighted by Crippen LogP contribution is -2.33. The predicted octanol–water partition coefficient (Wildman–Crippen LogP) is 1.15. The maximum Gasteiger partial charge on any atom is 0.341 e. The van der Waals surface area contributed by atoms with Gasteiger partial charge in [-0.05, 0) is 30.3 Å². The zero-order chi connectivity index (χ0) is 23.5. The Bertz CT molecular complexity index is 965. The first-order valence-electron chi connectivity index (χ1n) is 9.51. The lowest BCUT2D eigenvalue weighted by atomic mass is 10.1. The number of nitrogens with zero attached hydrogens (tertiary/aromatic N) is 2. The molecule has 11 nitrogen and oxygen atoms in total. The monoisotopic (exact) mass is 445 g/mol. The lowest BCUT2D eigenvalue weighted by molar-refractivity contribution is -0.140. The molecule has 0 spiro atoms. The first kappa shape index (κ1) is 24.1. The van der Waals surface area contributed by atoms with Gasteiger partial charge in [-0.2, -0.15) is 0 Å². The average molecular weight is 445 g/mol. The Balaban J connectivity index is 1.97. The molecule has 3 N–H and O–H groups in total. The van der Waals surface area contributed by atoms with E-state index in [1.54, 1.807) is 18.3 Å². The number of amides is 1. The highest BCUT2D eigenvalue weighted by molar-refractivity contribution is 5.99. The Morgan fingerprint density at radius 2 is 1.69 bits per heavy atom. The fraction of sp³-hybridized carbons (Fsp3) is 0.286. The molecule has 0 fully saturated rings. The van der Waals surface area contributed by atoms with Crippen LogP contribution in [0.15, 0.2) is 42.6 Å². The molecule has 2 rings (SSSR count). The van der Waals surface area contributed by atoms with Gasteiger partial charge >= 0.3 is 11.9 Å². The Kier molecular flexibility index (Phi) is 8.96. The Labute approximate surface area is 183 Å². The summed E-state index contributed by atoms with van der Waals surface area (Å²) >= 11 is 0. The molecule has 0 atom stereocenters. The molecule has 0 bridgehead atoms. The minimum Gasteiger partial charge on any atom is -0.479 e. The molecule has 2 aromatic rings. The van der Waals surface area contributed by atoms with Crippen molar-refractivity contribution in [3.8, 4) is 11.5 Å². The van der Waals surface area contributed by atoms with Crippen molar-refractivity contribution in [1.82, 2.24) is 9.88 Å². The third kappa shape index (κ3) is 7.94. The Morgan fingerprint density at radius 1 is 1.00 bits per heavy atom. The number of carbonyl (C=O) groups excluding carboxylic acids is 2. The summed E-state index contributed by atoms with van der Waals surface area (Å²) in [6.45, 7) is -1.24. The number of ether oxygens (including phenoxy) is 2. The van der Waals surface area contributed by atoms with Gasteiger partial charge in [-0.25, -0.2) is 14.6 Å². The summed E-state index contributed by atoms with van der Waals surface area (Å²) in [4.78, 5) is 51.7. The van der Waals surface area contributed by atoms with Crippen molar-refractivity contribution in [1.29, 1.82) is 0 Å². The Morgan fingerprint density at radius 3 is 2.31 bits per heavy atom. The van der Waals surface area contributed by atoms with Gasteiger partial charge in [0.2, 0.25) is 5.91 Å². The minimum absolute atomic E-state index is 0.0183. The molecule has 1 amide bonds. The summed E-state index contributed by atoms with van der Waals surface area (Å²) < 4.78 is 10.2. The van der Waals surface area contributed by atoms with Crippen molar-refractivity contribution in [2.45, 2.75) is 6.42 Å². The van der Waals surface area contributed by atoms with Crippen molar-refractivity contribution in [3.63, 3.8) is 0 Å². The number of benzene rings is 1. The zero-order valence-electron chi connectivity index (χ0n) is 17.3. The van der Waals surface area contributed by atoms with Crippen molar-refractivity contribution in [2.24, 2.45) is 0 Å². The topological polar surface area (TPSA) is 155 Å². The van der Waals surface area contributed by atoms with Crippen molar-refractivity contribution >= 4 is 29.4 Å². The summed E-state index contributed by atoms with van der Waals surface area (Å²) in [5.41, 5.74) is 0.152. The largest absolute Gasteiger partial charge is 0.479 e. The number of Topliss-reactive ketones (excluding diaryl/α,β-unsaturated/α-hetero) is 1. The smallest absolute Gasteiger partial charge is 0.341 e. The van der Waals surface area contributed by atoms with Gasteiger partial charge in [0, 0.05) is 31.8 Å². The Hall–Kier alpha value is -4.15. The summed E-state index contributed by atoms with van der Waals surface area (Å²) in [5.74, 6) is -2.63. The normalized spacial score (nSPS) is 10.2. The second-order valence-corrected chi connectivity index (χ2v) is 6.59. The van der Waals surface area contributed by atoms with E-state index in [4.69, 9.17) is 19.7 Å². The highest BCUT2D eigenvalue weighted by Gasteiger charge is 2.17. The first-order valence-corrected chi connectivity index (χ1v) is 9.51. The SMILES string of the molecule is CN(CC(=O)c1ccc(OCC(=O)O)c(OCC(=O)O)c1)C(=O)CCNc1ccccn1. The van der Waals surface area contributed by atoms with E-state index >= 15 is 0 Å². The number of rotatable bonds is 13. The number of ketones is 1. The van der Waals surface area contributed by atoms with E-state index in [1.165, 1.54) is 30.1 Å². The number of carbonyl (C=O) groups is 4.